The molecular formula is C21H31N5O3. The zero-order valence-corrected chi connectivity index (χ0v) is 17.6. The highest BCUT2D eigenvalue weighted by Crippen LogP contribution is 2.25. The molecule has 1 fully saturated rings. The van der Waals surface area contributed by atoms with Gasteiger partial charge in [0.25, 0.3) is 5.91 Å². The summed E-state index contributed by atoms with van der Waals surface area (Å²) < 4.78 is 5.81. The Kier molecular flexibility index (Phi) is 6.24. The molecule has 8 nitrogen and oxygen atoms in total. The van der Waals surface area contributed by atoms with Gasteiger partial charge in [0.2, 0.25) is 5.91 Å². The third-order valence-corrected chi connectivity index (χ3v) is 5.48. The summed E-state index contributed by atoms with van der Waals surface area (Å²) >= 11 is 0. The number of hydrogen-bond acceptors (Lipinski definition) is 6. The molecule has 1 saturated heterocycles. The van der Waals surface area contributed by atoms with Gasteiger partial charge in [0.1, 0.15) is 11.8 Å². The van der Waals surface area contributed by atoms with E-state index in [4.69, 9.17) is 10.5 Å². The minimum Gasteiger partial charge on any atom is -0.373 e. The zero-order chi connectivity index (χ0) is 21.2. The number of rotatable bonds is 6. The van der Waals surface area contributed by atoms with E-state index in [0.29, 0.717) is 12.3 Å². The van der Waals surface area contributed by atoms with Crippen molar-refractivity contribution in [3.63, 3.8) is 0 Å². The molecule has 0 bridgehead atoms. The summed E-state index contributed by atoms with van der Waals surface area (Å²) in [6.45, 7) is 10.4. The predicted octanol–water partition coefficient (Wildman–Crippen LogP) is 1.11. The van der Waals surface area contributed by atoms with Crippen LogP contribution in [-0.2, 0) is 14.3 Å². The number of nitrogens with two attached hydrogens (primary N) is 1. The molecule has 3 N–H and O–H groups in total. The topological polar surface area (TPSA) is 100 Å². The van der Waals surface area contributed by atoms with E-state index in [1.165, 1.54) is 5.01 Å². The Morgan fingerprint density at radius 1 is 1.21 bits per heavy atom. The predicted molar refractivity (Wildman–Crippen MR) is 113 cm³/mol. The van der Waals surface area contributed by atoms with Gasteiger partial charge in [-0.05, 0) is 39.8 Å². The number of carbonyl (C=O) groups is 2. The van der Waals surface area contributed by atoms with Gasteiger partial charge in [-0.3, -0.25) is 19.5 Å². The molecule has 2 aliphatic rings. The third-order valence-electron chi connectivity index (χ3n) is 5.48. The fraction of sp³-hybridized carbons (Fsp3) is 0.571. The highest BCUT2D eigenvalue weighted by Gasteiger charge is 2.37. The van der Waals surface area contributed by atoms with Crippen molar-refractivity contribution in [3.05, 3.63) is 30.3 Å². The van der Waals surface area contributed by atoms with E-state index >= 15 is 0 Å². The van der Waals surface area contributed by atoms with Crippen LogP contribution in [-0.4, -0.2) is 65.8 Å². The molecule has 0 saturated carbocycles. The molecule has 158 valence electrons. The van der Waals surface area contributed by atoms with Crippen LogP contribution in [0.15, 0.2) is 35.4 Å². The lowest BCUT2D eigenvalue weighted by molar-refractivity contribution is -0.119. The van der Waals surface area contributed by atoms with E-state index in [1.807, 2.05) is 30.3 Å². The maximum absolute atomic E-state index is 12.8. The fourth-order valence-electron chi connectivity index (χ4n) is 3.87. The van der Waals surface area contributed by atoms with Crippen molar-refractivity contribution in [1.29, 1.82) is 0 Å². The first-order chi connectivity index (χ1) is 13.7. The van der Waals surface area contributed by atoms with Crippen LogP contribution in [0, 0.1) is 0 Å². The number of nitrogens with zero attached hydrogens (tertiary/aromatic N) is 3. The maximum Gasteiger partial charge on any atom is 0.267 e. The molecule has 1 aromatic carbocycles. The maximum atomic E-state index is 12.8. The van der Waals surface area contributed by atoms with Crippen LogP contribution in [0.2, 0.25) is 0 Å². The summed E-state index contributed by atoms with van der Waals surface area (Å²) in [6, 6.07) is 8.61. The van der Waals surface area contributed by atoms with E-state index < -0.39 is 11.9 Å². The average molecular weight is 402 g/mol. The van der Waals surface area contributed by atoms with Gasteiger partial charge < -0.3 is 15.8 Å². The number of ether oxygens (including phenoxy) is 1. The van der Waals surface area contributed by atoms with E-state index in [2.05, 4.69) is 43.0 Å². The highest BCUT2D eigenvalue weighted by molar-refractivity contribution is 6.40. The lowest BCUT2D eigenvalue weighted by Gasteiger charge is -2.45. The van der Waals surface area contributed by atoms with Gasteiger partial charge in [-0.2, -0.15) is 5.10 Å². The second-order valence-corrected chi connectivity index (χ2v) is 8.51. The molecule has 2 heterocycles. The molecule has 1 aromatic rings. The largest absolute Gasteiger partial charge is 0.373 e. The molecule has 2 amide bonds. The normalized spacial score (nSPS) is 25.6. The van der Waals surface area contributed by atoms with Crippen LogP contribution in [0.4, 0.5) is 5.69 Å². The van der Waals surface area contributed by atoms with Gasteiger partial charge in [0.05, 0.1) is 17.9 Å². The molecule has 0 unspecified atom stereocenters. The fourth-order valence-corrected chi connectivity index (χ4v) is 3.87. The second-order valence-electron chi connectivity index (χ2n) is 8.51. The Morgan fingerprint density at radius 2 is 1.83 bits per heavy atom. The Balaban J connectivity index is 1.66. The smallest absolute Gasteiger partial charge is 0.267 e. The molecule has 29 heavy (non-hydrogen) atoms. The first kappa shape index (κ1) is 21.3. The monoisotopic (exact) mass is 401 g/mol. The van der Waals surface area contributed by atoms with Crippen LogP contribution in [0.5, 0.6) is 0 Å². The van der Waals surface area contributed by atoms with Crippen molar-refractivity contribution in [2.45, 2.75) is 57.9 Å². The standard InChI is InChI=1S/C21H31N5O3/c1-14-11-25(12-15(2)29-14)21(3,4)13-23-20(28)17-10-18(19(22)27)26(24-17)16-8-6-5-7-9-16/h5-9,14-15,18H,10-13H2,1-4H3,(H2,22,27)(H,23,28)/t14-,15+,18-/m0/s1. The number of para-hydroxylation sites is 1. The SMILES string of the molecule is C[C@@H]1CN(C(C)(C)CNC(=O)C2=NN(c3ccccc3)[C@H](C(N)=O)C2)C[C@H](C)O1. The first-order valence-corrected chi connectivity index (χ1v) is 10.1. The minimum absolute atomic E-state index is 0.156. The van der Waals surface area contributed by atoms with Crippen LogP contribution in [0.3, 0.4) is 0 Å². The molecule has 3 atom stereocenters. The van der Waals surface area contributed by atoms with Crippen molar-refractivity contribution in [3.8, 4) is 0 Å². The molecular weight excluding hydrogens is 370 g/mol. The molecule has 2 aliphatic heterocycles. The van der Waals surface area contributed by atoms with Crippen molar-refractivity contribution < 1.29 is 14.3 Å². The first-order valence-electron chi connectivity index (χ1n) is 10.1. The van der Waals surface area contributed by atoms with E-state index in [9.17, 15) is 9.59 Å². The Bertz CT molecular complexity index is 770. The highest BCUT2D eigenvalue weighted by atomic mass is 16.5. The van der Waals surface area contributed by atoms with Crippen molar-refractivity contribution in [2.75, 3.05) is 24.6 Å². The number of morpholine rings is 1. The molecule has 0 radical (unpaired) electrons. The van der Waals surface area contributed by atoms with Crippen molar-refractivity contribution >= 4 is 23.2 Å². The third kappa shape index (κ3) is 4.94. The zero-order valence-electron chi connectivity index (χ0n) is 17.6. The van der Waals surface area contributed by atoms with Crippen LogP contribution in [0.1, 0.15) is 34.1 Å². The quantitative estimate of drug-likeness (QED) is 0.744. The Morgan fingerprint density at radius 3 is 2.41 bits per heavy atom. The lowest BCUT2D eigenvalue weighted by Crippen LogP contribution is -2.59. The van der Waals surface area contributed by atoms with Crippen LogP contribution < -0.4 is 16.1 Å². The van der Waals surface area contributed by atoms with Crippen LogP contribution >= 0.6 is 0 Å². The summed E-state index contributed by atoms with van der Waals surface area (Å²) in [5.74, 6) is -0.769. The van der Waals surface area contributed by atoms with Crippen LogP contribution in [0.25, 0.3) is 0 Å². The lowest BCUT2D eigenvalue weighted by atomic mass is 9.99. The number of hydrogen-bond donors (Lipinski definition) is 2. The van der Waals surface area contributed by atoms with Gasteiger partial charge in [0.15, 0.2) is 0 Å². The van der Waals surface area contributed by atoms with E-state index in [0.717, 1.165) is 18.8 Å². The van der Waals surface area contributed by atoms with Crippen molar-refractivity contribution in [1.82, 2.24) is 10.2 Å². The minimum atomic E-state index is -0.660. The summed E-state index contributed by atoms with van der Waals surface area (Å²) in [4.78, 5) is 27.0. The number of amides is 2. The Hall–Kier alpha value is -2.45. The summed E-state index contributed by atoms with van der Waals surface area (Å²) in [6.07, 6.45) is 0.509. The molecule has 0 aromatic heterocycles. The Labute approximate surface area is 172 Å². The van der Waals surface area contributed by atoms with Gasteiger partial charge in [-0.25, -0.2) is 0 Å². The second kappa shape index (κ2) is 8.51. The number of primary amides is 1. The van der Waals surface area contributed by atoms with Crippen molar-refractivity contribution in [2.24, 2.45) is 10.8 Å². The number of benzene rings is 1. The van der Waals surface area contributed by atoms with Gasteiger partial charge in [-0.15, -0.1) is 0 Å². The number of anilines is 1. The van der Waals surface area contributed by atoms with Gasteiger partial charge >= 0.3 is 0 Å². The number of carbonyl (C=O) groups excluding carboxylic acids is 2. The van der Waals surface area contributed by atoms with E-state index in [1.54, 1.807) is 0 Å². The molecule has 0 spiro atoms. The number of nitrogens with one attached hydrogen (secondary N) is 1. The van der Waals surface area contributed by atoms with Gasteiger partial charge in [-0.1, -0.05) is 18.2 Å². The van der Waals surface area contributed by atoms with Gasteiger partial charge in [0, 0.05) is 31.6 Å². The molecule has 3 rings (SSSR count). The average Bonchev–Trinajstić information content (AvgIpc) is 3.12. The van der Waals surface area contributed by atoms with E-state index in [-0.39, 0.29) is 30.1 Å². The number of hydrazone groups is 1. The summed E-state index contributed by atoms with van der Waals surface area (Å²) in [5, 5.41) is 8.93. The summed E-state index contributed by atoms with van der Waals surface area (Å²) in [5.41, 5.74) is 6.37. The molecule has 8 heteroatoms. The molecule has 0 aliphatic carbocycles. The summed E-state index contributed by atoms with van der Waals surface area (Å²) in [7, 11) is 0.